The van der Waals surface area contributed by atoms with Crippen LogP contribution in [0.15, 0.2) is 18.3 Å². The molecule has 0 radical (unpaired) electrons. The molecule has 0 aliphatic carbocycles. The van der Waals surface area contributed by atoms with E-state index in [9.17, 15) is 24.6 Å². The predicted octanol–water partition coefficient (Wildman–Crippen LogP) is 2.50. The van der Waals surface area contributed by atoms with Crippen molar-refractivity contribution in [2.24, 2.45) is 23.7 Å². The molecule has 0 saturated carbocycles. The number of carbonyl (C=O) groups is 3. The average Bonchev–Trinajstić information content (AvgIpc) is 3.53. The van der Waals surface area contributed by atoms with Crippen LogP contribution in [0.1, 0.15) is 77.2 Å². The zero-order chi connectivity index (χ0) is 33.9. The van der Waals surface area contributed by atoms with Crippen molar-refractivity contribution in [1.29, 1.82) is 0 Å². The molecule has 2 bridgehead atoms. The van der Waals surface area contributed by atoms with Crippen LogP contribution in [-0.4, -0.2) is 131 Å². The molecule has 4 heterocycles. The van der Waals surface area contributed by atoms with Gasteiger partial charge in [-0.3, -0.25) is 9.59 Å². The average molecular weight is 649 g/mol. The van der Waals surface area contributed by atoms with Crippen molar-refractivity contribution >= 4 is 17.8 Å². The standard InChI is InChI=1S/C34H56N4O8/c1-20-17-34(5,43)30(46-33-28(40)26(36(6)7)15-21(2)44-33)22(3)29(45-32(42)25-12-9-13-35-25)23(4)31(41)38-14-10-11-24(19-38)16-27(39)37(8)18-20/h9,12-13,20-24,26,28-30,33,35,40,43H,10-11,14-19H2,1-8H3/t20-,21-,22+,23-,24?,26+,28-,29+,30-,33+,34-/m1/s1. The summed E-state index contributed by atoms with van der Waals surface area (Å²) in [5, 5.41) is 23.7. The van der Waals surface area contributed by atoms with Crippen molar-refractivity contribution in [1.82, 2.24) is 19.7 Å². The van der Waals surface area contributed by atoms with Gasteiger partial charge in [-0.25, -0.2) is 4.79 Å². The molecule has 0 spiro atoms. The maximum atomic E-state index is 14.1. The Kier molecular flexibility index (Phi) is 12.0. The lowest BCUT2D eigenvalue weighted by Gasteiger charge is -2.47. The van der Waals surface area contributed by atoms with Gasteiger partial charge >= 0.3 is 5.97 Å². The number of aliphatic hydroxyl groups excluding tert-OH is 1. The number of nitrogens with zero attached hydrogens (tertiary/aromatic N) is 3. The van der Waals surface area contributed by atoms with E-state index in [-0.39, 0.29) is 47.9 Å². The van der Waals surface area contributed by atoms with E-state index in [4.69, 9.17) is 14.2 Å². The summed E-state index contributed by atoms with van der Waals surface area (Å²) in [6.45, 7) is 10.6. The lowest BCUT2D eigenvalue weighted by molar-refractivity contribution is -0.299. The molecule has 1 unspecified atom stereocenters. The molecule has 0 aromatic carbocycles. The molecule has 1 aromatic rings. The third-order valence-corrected chi connectivity index (χ3v) is 10.2. The van der Waals surface area contributed by atoms with Gasteiger partial charge in [0.2, 0.25) is 11.8 Å². The first-order valence-corrected chi connectivity index (χ1v) is 16.8. The van der Waals surface area contributed by atoms with Crippen LogP contribution >= 0.6 is 0 Å². The Balaban J connectivity index is 1.76. The van der Waals surface area contributed by atoms with Gasteiger partial charge < -0.3 is 44.1 Å². The number of esters is 1. The topological polar surface area (TPSA) is 145 Å². The zero-order valence-corrected chi connectivity index (χ0v) is 28.8. The second kappa shape index (κ2) is 15.1. The number of piperidine rings is 1. The molecule has 2 amide bonds. The van der Waals surface area contributed by atoms with Crippen molar-refractivity contribution < 1.29 is 38.8 Å². The van der Waals surface area contributed by atoms with Crippen LogP contribution in [0.5, 0.6) is 0 Å². The Morgan fingerprint density at radius 1 is 1.17 bits per heavy atom. The first-order valence-electron chi connectivity index (χ1n) is 16.8. The summed E-state index contributed by atoms with van der Waals surface area (Å²) < 4.78 is 18.9. The number of amides is 2. The van der Waals surface area contributed by atoms with Crippen LogP contribution in [0, 0.1) is 23.7 Å². The molecule has 3 aliphatic heterocycles. The van der Waals surface area contributed by atoms with Gasteiger partial charge in [0.25, 0.3) is 0 Å². The molecule has 3 fully saturated rings. The Bertz CT molecular complexity index is 1180. The number of aromatic nitrogens is 1. The summed E-state index contributed by atoms with van der Waals surface area (Å²) in [7, 11) is 5.56. The number of rotatable bonds is 5. The van der Waals surface area contributed by atoms with Gasteiger partial charge in [0, 0.05) is 51.3 Å². The normalized spacial score (nSPS) is 38.8. The molecule has 46 heavy (non-hydrogen) atoms. The smallest absolute Gasteiger partial charge is 0.355 e. The van der Waals surface area contributed by atoms with Gasteiger partial charge in [-0.05, 0) is 77.6 Å². The summed E-state index contributed by atoms with van der Waals surface area (Å²) >= 11 is 0. The Morgan fingerprint density at radius 2 is 1.89 bits per heavy atom. The van der Waals surface area contributed by atoms with Crippen LogP contribution in [-0.2, 0) is 23.8 Å². The molecule has 11 atom stereocenters. The third kappa shape index (κ3) is 8.49. The molecule has 12 heteroatoms. The minimum absolute atomic E-state index is 0.00933. The maximum Gasteiger partial charge on any atom is 0.355 e. The molecular weight excluding hydrogens is 592 g/mol. The number of hydrogen-bond acceptors (Lipinski definition) is 9. The van der Waals surface area contributed by atoms with Crippen LogP contribution in [0.25, 0.3) is 0 Å². The molecule has 3 aliphatic rings. The van der Waals surface area contributed by atoms with E-state index in [2.05, 4.69) is 4.98 Å². The number of aliphatic hydroxyl groups is 2. The van der Waals surface area contributed by atoms with Gasteiger partial charge in [-0.15, -0.1) is 0 Å². The van der Waals surface area contributed by atoms with Crippen molar-refractivity contribution in [2.75, 3.05) is 40.8 Å². The van der Waals surface area contributed by atoms with E-state index in [1.54, 1.807) is 49.0 Å². The van der Waals surface area contributed by atoms with Crippen molar-refractivity contribution in [3.63, 3.8) is 0 Å². The molecule has 3 saturated heterocycles. The Labute approximate surface area is 273 Å². The summed E-state index contributed by atoms with van der Waals surface area (Å²) in [5.41, 5.74) is -1.29. The van der Waals surface area contributed by atoms with E-state index >= 15 is 0 Å². The van der Waals surface area contributed by atoms with E-state index in [0.29, 0.717) is 32.5 Å². The fraction of sp³-hybridized carbons (Fsp3) is 0.794. The largest absolute Gasteiger partial charge is 0.456 e. The molecule has 1 aromatic heterocycles. The minimum atomic E-state index is -1.53. The fourth-order valence-electron chi connectivity index (χ4n) is 7.84. The first kappa shape index (κ1) is 36.3. The van der Waals surface area contributed by atoms with Gasteiger partial charge in [0.15, 0.2) is 6.29 Å². The number of carbonyl (C=O) groups excluding carboxylic acids is 3. The SMILES string of the molecule is C[C@H]1CN(C)C(=O)CC2CCCN(C2)C(=O)[C@H](C)[C@@H](OC(=O)c2ccc[nH]2)[C@H](C)[C@@H](O[C@@H]2O[C@H](C)C[C@H](N(C)C)[C@H]2O)[C@](C)(O)C1. The number of fused-ring (bicyclic) bond motifs is 2. The van der Waals surface area contributed by atoms with Crippen LogP contribution in [0.3, 0.4) is 0 Å². The highest BCUT2D eigenvalue weighted by Gasteiger charge is 2.49. The number of ether oxygens (including phenoxy) is 3. The third-order valence-electron chi connectivity index (χ3n) is 10.2. The molecule has 3 N–H and O–H groups in total. The highest BCUT2D eigenvalue weighted by molar-refractivity contribution is 5.88. The van der Waals surface area contributed by atoms with Gasteiger partial charge in [-0.2, -0.15) is 0 Å². The first-order chi connectivity index (χ1) is 21.6. The lowest BCUT2D eigenvalue weighted by Crippen LogP contribution is -2.59. The predicted molar refractivity (Wildman–Crippen MR) is 172 cm³/mol. The number of likely N-dealkylation sites (N-methyl/N-ethyl adjacent to an activating group) is 1. The number of nitrogens with one attached hydrogen (secondary N) is 1. The fourth-order valence-corrected chi connectivity index (χ4v) is 7.84. The van der Waals surface area contributed by atoms with Crippen molar-refractivity contribution in [3.05, 3.63) is 24.0 Å². The molecular formula is C34H56N4O8. The van der Waals surface area contributed by atoms with Crippen molar-refractivity contribution in [2.45, 2.75) is 109 Å². The van der Waals surface area contributed by atoms with Crippen LogP contribution < -0.4 is 0 Å². The summed E-state index contributed by atoms with van der Waals surface area (Å²) in [6.07, 6.45) is 0.0968. The van der Waals surface area contributed by atoms with Crippen LogP contribution in [0.2, 0.25) is 0 Å². The second-order valence-corrected chi connectivity index (χ2v) is 14.7. The number of hydrogen-bond donors (Lipinski definition) is 3. The quantitative estimate of drug-likeness (QED) is 0.410. The van der Waals surface area contributed by atoms with Gasteiger partial charge in [0.1, 0.15) is 17.9 Å². The lowest BCUT2D eigenvalue weighted by atomic mass is 9.77. The van der Waals surface area contributed by atoms with E-state index < -0.39 is 48.0 Å². The number of H-pyrrole nitrogens is 1. The minimum Gasteiger partial charge on any atom is -0.456 e. The van der Waals surface area contributed by atoms with Crippen molar-refractivity contribution in [3.8, 4) is 0 Å². The summed E-state index contributed by atoms with van der Waals surface area (Å²) in [6, 6.07) is 3.05. The Morgan fingerprint density at radius 3 is 2.54 bits per heavy atom. The number of aromatic amines is 1. The van der Waals surface area contributed by atoms with E-state index in [0.717, 1.165) is 12.8 Å². The zero-order valence-electron chi connectivity index (χ0n) is 28.8. The second-order valence-electron chi connectivity index (χ2n) is 14.7. The molecule has 12 nitrogen and oxygen atoms in total. The van der Waals surface area contributed by atoms with E-state index in [1.165, 1.54) is 0 Å². The monoisotopic (exact) mass is 648 g/mol. The van der Waals surface area contributed by atoms with E-state index in [1.807, 2.05) is 39.8 Å². The highest BCUT2D eigenvalue weighted by Crippen LogP contribution is 2.37. The van der Waals surface area contributed by atoms with Gasteiger partial charge in [-0.1, -0.05) is 20.8 Å². The molecule has 260 valence electrons. The summed E-state index contributed by atoms with van der Waals surface area (Å²) in [4.78, 5) is 49.1. The summed E-state index contributed by atoms with van der Waals surface area (Å²) in [5.74, 6) is -2.39. The highest BCUT2D eigenvalue weighted by atomic mass is 16.7. The maximum absolute atomic E-state index is 14.1. The van der Waals surface area contributed by atoms with Crippen LogP contribution in [0.4, 0.5) is 0 Å². The van der Waals surface area contributed by atoms with Gasteiger partial charge in [0.05, 0.1) is 23.7 Å². The Hall–Kier alpha value is -2.51. The molecule has 4 rings (SSSR count).